The molecule has 0 aromatic carbocycles. The van der Waals surface area contributed by atoms with Gasteiger partial charge in [-0.05, 0) is 37.8 Å². The van der Waals surface area contributed by atoms with E-state index in [1.54, 1.807) is 0 Å². The Bertz CT molecular complexity index is 291. The lowest BCUT2D eigenvalue weighted by atomic mass is 9.98. The molecule has 0 aliphatic carbocycles. The van der Waals surface area contributed by atoms with Crippen LogP contribution in [-0.4, -0.2) is 22.4 Å². The third kappa shape index (κ3) is 4.35. The monoisotopic (exact) mass is 223 g/mol. The molecule has 3 nitrogen and oxygen atoms in total. The minimum atomic E-state index is 0.613. The van der Waals surface area contributed by atoms with Crippen LogP contribution in [0.15, 0.2) is 12.3 Å². The molecule has 1 heterocycles. The molecule has 1 rings (SSSR count). The summed E-state index contributed by atoms with van der Waals surface area (Å²) in [5.41, 5.74) is 1.20. The maximum atomic E-state index is 4.41. The van der Waals surface area contributed by atoms with Crippen LogP contribution in [0.4, 0.5) is 0 Å². The molecule has 0 aliphatic heterocycles. The Balaban J connectivity index is 2.37. The number of aromatic nitrogens is 2. The van der Waals surface area contributed by atoms with Crippen LogP contribution in [0, 0.1) is 5.92 Å². The largest absolute Gasteiger partial charge is 0.314 e. The highest BCUT2D eigenvalue weighted by molar-refractivity contribution is 4.99. The van der Waals surface area contributed by atoms with Crippen molar-refractivity contribution in [3.05, 3.63) is 18.0 Å². The Morgan fingerprint density at radius 1 is 1.44 bits per heavy atom. The van der Waals surface area contributed by atoms with Crippen LogP contribution in [0.3, 0.4) is 0 Å². The first kappa shape index (κ1) is 13.2. The average molecular weight is 223 g/mol. The zero-order valence-corrected chi connectivity index (χ0v) is 11.0. The van der Waals surface area contributed by atoms with Crippen LogP contribution < -0.4 is 5.32 Å². The highest BCUT2D eigenvalue weighted by atomic mass is 15.2. The minimum absolute atomic E-state index is 0.613. The first-order chi connectivity index (χ1) is 7.63. The zero-order valence-electron chi connectivity index (χ0n) is 11.0. The predicted octanol–water partition coefficient (Wildman–Crippen LogP) is 2.38. The molecule has 0 saturated heterocycles. The molecule has 1 aromatic rings. The summed E-state index contributed by atoms with van der Waals surface area (Å²) in [6.45, 7) is 7.89. The smallest absolute Gasteiger partial charge is 0.0625 e. The van der Waals surface area contributed by atoms with E-state index >= 15 is 0 Å². The van der Waals surface area contributed by atoms with Crippen molar-refractivity contribution in [2.75, 3.05) is 6.54 Å². The van der Waals surface area contributed by atoms with E-state index < -0.39 is 0 Å². The van der Waals surface area contributed by atoms with Gasteiger partial charge < -0.3 is 5.32 Å². The van der Waals surface area contributed by atoms with Crippen molar-refractivity contribution in [3.63, 3.8) is 0 Å². The number of aryl methyl sites for hydroxylation is 2. The van der Waals surface area contributed by atoms with E-state index in [1.807, 2.05) is 17.9 Å². The Labute approximate surface area is 99.2 Å². The summed E-state index contributed by atoms with van der Waals surface area (Å²) in [4.78, 5) is 0. The predicted molar refractivity (Wildman–Crippen MR) is 68.4 cm³/mol. The lowest BCUT2D eigenvalue weighted by Crippen LogP contribution is -2.34. The number of rotatable bonds is 7. The molecular weight excluding hydrogens is 198 g/mol. The molecule has 1 atom stereocenters. The second-order valence-corrected chi connectivity index (χ2v) is 4.82. The fourth-order valence-corrected chi connectivity index (χ4v) is 1.90. The Kier molecular flexibility index (Phi) is 5.53. The molecule has 0 spiro atoms. The summed E-state index contributed by atoms with van der Waals surface area (Å²) in [6, 6.07) is 2.72. The van der Waals surface area contributed by atoms with Gasteiger partial charge >= 0.3 is 0 Å². The summed E-state index contributed by atoms with van der Waals surface area (Å²) >= 11 is 0. The molecule has 1 aromatic heterocycles. The topological polar surface area (TPSA) is 29.9 Å². The molecule has 0 radical (unpaired) electrons. The van der Waals surface area contributed by atoms with Gasteiger partial charge in [-0.25, -0.2) is 0 Å². The van der Waals surface area contributed by atoms with Crippen molar-refractivity contribution in [2.45, 2.75) is 46.1 Å². The van der Waals surface area contributed by atoms with Crippen LogP contribution >= 0.6 is 0 Å². The second-order valence-electron chi connectivity index (χ2n) is 4.82. The van der Waals surface area contributed by atoms with Gasteiger partial charge in [0.25, 0.3) is 0 Å². The SMILES string of the molecule is CCCNC(CCc1ccn(C)n1)C(C)C. The lowest BCUT2D eigenvalue weighted by molar-refractivity contribution is 0.377. The summed E-state index contributed by atoms with van der Waals surface area (Å²) in [7, 11) is 1.97. The van der Waals surface area contributed by atoms with Gasteiger partial charge in [0.1, 0.15) is 0 Å². The van der Waals surface area contributed by atoms with E-state index in [-0.39, 0.29) is 0 Å². The summed E-state index contributed by atoms with van der Waals surface area (Å²) in [6.07, 6.45) is 5.46. The Morgan fingerprint density at radius 2 is 2.19 bits per heavy atom. The van der Waals surface area contributed by atoms with Gasteiger partial charge in [0.2, 0.25) is 0 Å². The molecule has 0 bridgehead atoms. The molecular formula is C13H25N3. The zero-order chi connectivity index (χ0) is 12.0. The van der Waals surface area contributed by atoms with Crippen molar-refractivity contribution in [1.29, 1.82) is 0 Å². The maximum Gasteiger partial charge on any atom is 0.0625 e. The minimum Gasteiger partial charge on any atom is -0.314 e. The second kappa shape index (κ2) is 6.69. The van der Waals surface area contributed by atoms with Gasteiger partial charge in [-0.3, -0.25) is 4.68 Å². The fraction of sp³-hybridized carbons (Fsp3) is 0.769. The highest BCUT2D eigenvalue weighted by Crippen LogP contribution is 2.10. The van der Waals surface area contributed by atoms with Crippen molar-refractivity contribution < 1.29 is 0 Å². The van der Waals surface area contributed by atoms with E-state index in [9.17, 15) is 0 Å². The molecule has 0 saturated carbocycles. The normalized spacial score (nSPS) is 13.3. The van der Waals surface area contributed by atoms with Gasteiger partial charge in [-0.2, -0.15) is 5.10 Å². The average Bonchev–Trinajstić information content (AvgIpc) is 2.64. The molecule has 1 N–H and O–H groups in total. The van der Waals surface area contributed by atoms with Gasteiger partial charge in [-0.15, -0.1) is 0 Å². The third-order valence-corrected chi connectivity index (χ3v) is 2.94. The Hall–Kier alpha value is -0.830. The fourth-order valence-electron chi connectivity index (χ4n) is 1.90. The summed E-state index contributed by atoms with van der Waals surface area (Å²) < 4.78 is 1.87. The van der Waals surface area contributed by atoms with Gasteiger partial charge in [0.05, 0.1) is 5.69 Å². The van der Waals surface area contributed by atoms with Crippen LogP contribution in [0.2, 0.25) is 0 Å². The number of hydrogen-bond donors (Lipinski definition) is 1. The molecule has 16 heavy (non-hydrogen) atoms. The van der Waals surface area contributed by atoms with Gasteiger partial charge in [0, 0.05) is 19.3 Å². The Morgan fingerprint density at radius 3 is 2.69 bits per heavy atom. The van der Waals surface area contributed by atoms with Crippen molar-refractivity contribution in [2.24, 2.45) is 13.0 Å². The standard InChI is InChI=1S/C13H25N3/c1-5-9-14-13(11(2)3)7-6-12-8-10-16(4)15-12/h8,10-11,13-14H,5-7,9H2,1-4H3. The molecule has 0 fully saturated rings. The molecule has 92 valence electrons. The molecule has 0 amide bonds. The molecule has 1 unspecified atom stereocenters. The van der Waals surface area contributed by atoms with E-state index in [0.717, 1.165) is 13.0 Å². The van der Waals surface area contributed by atoms with Crippen LogP contribution in [0.5, 0.6) is 0 Å². The van der Waals surface area contributed by atoms with E-state index in [1.165, 1.54) is 18.5 Å². The van der Waals surface area contributed by atoms with Crippen molar-refractivity contribution >= 4 is 0 Å². The number of nitrogens with one attached hydrogen (secondary N) is 1. The molecule has 3 heteroatoms. The lowest BCUT2D eigenvalue weighted by Gasteiger charge is -2.21. The van der Waals surface area contributed by atoms with Crippen LogP contribution in [0.25, 0.3) is 0 Å². The van der Waals surface area contributed by atoms with Crippen molar-refractivity contribution in [3.8, 4) is 0 Å². The van der Waals surface area contributed by atoms with Crippen LogP contribution in [0.1, 0.15) is 39.3 Å². The quantitative estimate of drug-likeness (QED) is 0.769. The third-order valence-electron chi connectivity index (χ3n) is 2.94. The summed E-state index contributed by atoms with van der Waals surface area (Å²) in [5, 5.41) is 8.02. The van der Waals surface area contributed by atoms with Crippen molar-refractivity contribution in [1.82, 2.24) is 15.1 Å². The van der Waals surface area contributed by atoms with E-state index in [2.05, 4.69) is 37.3 Å². The van der Waals surface area contributed by atoms with Gasteiger partial charge in [0.15, 0.2) is 0 Å². The first-order valence-corrected chi connectivity index (χ1v) is 6.35. The maximum absolute atomic E-state index is 4.41. The van der Waals surface area contributed by atoms with Crippen LogP contribution in [-0.2, 0) is 13.5 Å². The van der Waals surface area contributed by atoms with E-state index in [4.69, 9.17) is 0 Å². The summed E-state index contributed by atoms with van der Waals surface area (Å²) in [5.74, 6) is 0.690. The first-order valence-electron chi connectivity index (χ1n) is 6.35. The highest BCUT2D eigenvalue weighted by Gasteiger charge is 2.12. The number of nitrogens with zero attached hydrogens (tertiary/aromatic N) is 2. The number of hydrogen-bond acceptors (Lipinski definition) is 2. The van der Waals surface area contributed by atoms with E-state index in [0.29, 0.717) is 12.0 Å². The molecule has 0 aliphatic rings. The van der Waals surface area contributed by atoms with Gasteiger partial charge in [-0.1, -0.05) is 20.8 Å².